The van der Waals surface area contributed by atoms with Crippen LogP contribution in [0.3, 0.4) is 0 Å². The molecular formula is C7H5F3N6O. The molecule has 0 unspecified atom stereocenters. The molecule has 0 atom stereocenters. The van der Waals surface area contributed by atoms with Gasteiger partial charge in [0.2, 0.25) is 0 Å². The number of rotatable bonds is 0. The Balaban J connectivity index is 2.41. The molecule has 90 valence electrons. The van der Waals surface area contributed by atoms with E-state index in [1.54, 1.807) is 0 Å². The zero-order valence-corrected chi connectivity index (χ0v) is 8.38. The van der Waals surface area contributed by atoms with Crippen LogP contribution in [0.15, 0.2) is 12.7 Å². The fraction of sp³-hybridized carbons (Fsp3) is 0.286. The summed E-state index contributed by atoms with van der Waals surface area (Å²) < 4.78 is 38.2. The van der Waals surface area contributed by atoms with Crippen molar-refractivity contribution in [1.82, 2.24) is 29.5 Å². The van der Waals surface area contributed by atoms with Gasteiger partial charge in [0, 0.05) is 0 Å². The van der Waals surface area contributed by atoms with E-state index >= 15 is 0 Å². The molecule has 2 aromatic heterocycles. The lowest BCUT2D eigenvalue weighted by molar-refractivity contribution is -0.144. The van der Waals surface area contributed by atoms with Crippen molar-refractivity contribution in [2.45, 2.75) is 13.1 Å². The molecule has 7 nitrogen and oxygen atoms in total. The van der Waals surface area contributed by atoms with Gasteiger partial charge in [-0.1, -0.05) is 0 Å². The molecule has 2 rings (SSSR count). The van der Waals surface area contributed by atoms with Gasteiger partial charge in [0.15, 0.2) is 0 Å². The zero-order chi connectivity index (χ0) is 12.6. The quantitative estimate of drug-likeness (QED) is 0.684. The van der Waals surface area contributed by atoms with Crippen LogP contribution >= 0.6 is 0 Å². The highest BCUT2D eigenvalue weighted by Crippen LogP contribution is 2.26. The second kappa shape index (κ2) is 3.64. The summed E-state index contributed by atoms with van der Waals surface area (Å²) in [5.41, 5.74) is 0. The number of aryl methyl sites for hydroxylation is 1. The summed E-state index contributed by atoms with van der Waals surface area (Å²) in [6, 6.07) is -0.886. The smallest absolute Gasteiger partial charge is 0.243 e. The number of alkyl halides is 3. The fourth-order valence-electron chi connectivity index (χ4n) is 1.10. The fourth-order valence-corrected chi connectivity index (χ4v) is 1.10. The lowest BCUT2D eigenvalue weighted by Gasteiger charge is -2.00. The molecule has 0 amide bonds. The van der Waals surface area contributed by atoms with E-state index in [-0.39, 0.29) is 5.82 Å². The van der Waals surface area contributed by atoms with Gasteiger partial charge in [0.05, 0.1) is 0 Å². The first-order chi connectivity index (χ1) is 7.89. The maximum Gasteiger partial charge on any atom is 0.453 e. The van der Waals surface area contributed by atoms with Gasteiger partial charge in [-0.3, -0.25) is 0 Å². The number of hydrogen-bond donors (Lipinski definition) is 0. The Morgan fingerprint density at radius 3 is 2.59 bits per heavy atom. The van der Waals surface area contributed by atoms with E-state index in [0.29, 0.717) is 4.68 Å². The monoisotopic (exact) mass is 246 g/mol. The van der Waals surface area contributed by atoms with Crippen molar-refractivity contribution in [1.29, 1.82) is 0 Å². The Labute approximate surface area is 91.9 Å². The SMILES string of the molecule is Cc1nc(C(F)(F)F)nn1C(=O)n1cncn1. The van der Waals surface area contributed by atoms with Crippen molar-refractivity contribution < 1.29 is 18.0 Å². The van der Waals surface area contributed by atoms with Crippen LogP contribution in [-0.2, 0) is 6.18 Å². The highest BCUT2D eigenvalue weighted by atomic mass is 19.4. The number of hydrogen-bond acceptors (Lipinski definition) is 5. The van der Waals surface area contributed by atoms with Gasteiger partial charge in [0.1, 0.15) is 18.5 Å². The van der Waals surface area contributed by atoms with Crippen LogP contribution in [0.5, 0.6) is 0 Å². The molecule has 0 fully saturated rings. The molecule has 17 heavy (non-hydrogen) atoms. The van der Waals surface area contributed by atoms with Crippen molar-refractivity contribution >= 4 is 6.03 Å². The third-order valence-corrected chi connectivity index (χ3v) is 1.82. The molecule has 0 aliphatic rings. The number of carbonyl (C=O) groups is 1. The van der Waals surface area contributed by atoms with Gasteiger partial charge < -0.3 is 0 Å². The Bertz CT molecular complexity index is 542. The lowest BCUT2D eigenvalue weighted by atomic mass is 10.6. The van der Waals surface area contributed by atoms with Gasteiger partial charge in [-0.05, 0) is 6.92 Å². The maximum absolute atomic E-state index is 12.3. The molecular weight excluding hydrogens is 241 g/mol. The van der Waals surface area contributed by atoms with Crippen LogP contribution in [0.1, 0.15) is 11.6 Å². The van der Waals surface area contributed by atoms with E-state index < -0.39 is 18.0 Å². The summed E-state index contributed by atoms with van der Waals surface area (Å²) in [5.74, 6) is -1.55. The van der Waals surface area contributed by atoms with Crippen LogP contribution in [0.2, 0.25) is 0 Å². The van der Waals surface area contributed by atoms with Gasteiger partial charge in [-0.15, -0.1) is 5.10 Å². The lowest BCUT2D eigenvalue weighted by Crippen LogP contribution is -2.22. The van der Waals surface area contributed by atoms with Crippen molar-refractivity contribution in [3.8, 4) is 0 Å². The molecule has 0 aliphatic heterocycles. The van der Waals surface area contributed by atoms with E-state index in [9.17, 15) is 18.0 Å². The van der Waals surface area contributed by atoms with Gasteiger partial charge in [0.25, 0.3) is 5.82 Å². The van der Waals surface area contributed by atoms with Crippen LogP contribution in [-0.4, -0.2) is 35.6 Å². The predicted octanol–water partition coefficient (Wildman–Crippen LogP) is 0.713. The topological polar surface area (TPSA) is 78.5 Å². The molecule has 0 aliphatic carbocycles. The van der Waals surface area contributed by atoms with Crippen LogP contribution < -0.4 is 0 Å². The molecule has 0 bridgehead atoms. The first-order valence-electron chi connectivity index (χ1n) is 4.30. The van der Waals surface area contributed by atoms with Crippen molar-refractivity contribution in [3.63, 3.8) is 0 Å². The Hall–Kier alpha value is -2.26. The molecule has 2 aromatic rings. The van der Waals surface area contributed by atoms with E-state index in [4.69, 9.17) is 0 Å². The number of nitrogens with zero attached hydrogens (tertiary/aromatic N) is 6. The molecule has 0 saturated heterocycles. The summed E-state index contributed by atoms with van der Waals surface area (Å²) >= 11 is 0. The maximum atomic E-state index is 12.3. The van der Waals surface area contributed by atoms with Gasteiger partial charge in [-0.2, -0.15) is 27.6 Å². The average Bonchev–Trinajstić information content (AvgIpc) is 2.83. The van der Waals surface area contributed by atoms with Crippen molar-refractivity contribution in [2.75, 3.05) is 0 Å². The van der Waals surface area contributed by atoms with E-state index in [1.807, 2.05) is 0 Å². The highest BCUT2D eigenvalue weighted by Gasteiger charge is 2.37. The molecule has 0 saturated carbocycles. The summed E-state index contributed by atoms with van der Waals surface area (Å²) in [6.45, 7) is 1.23. The second-order valence-corrected chi connectivity index (χ2v) is 3.01. The Morgan fingerprint density at radius 1 is 1.41 bits per heavy atom. The minimum absolute atomic E-state index is 0.183. The number of carbonyl (C=O) groups excluding carboxylic acids is 1. The third kappa shape index (κ3) is 2.00. The van der Waals surface area contributed by atoms with E-state index in [1.165, 1.54) is 6.92 Å². The largest absolute Gasteiger partial charge is 0.453 e. The van der Waals surface area contributed by atoms with E-state index in [2.05, 4.69) is 20.2 Å². The molecule has 0 N–H and O–H groups in total. The summed E-state index contributed by atoms with van der Waals surface area (Å²) in [4.78, 5) is 18.3. The van der Waals surface area contributed by atoms with Gasteiger partial charge in [-0.25, -0.2) is 14.8 Å². The molecule has 0 radical (unpaired) electrons. The molecule has 10 heteroatoms. The number of aromatic nitrogens is 6. The predicted molar refractivity (Wildman–Crippen MR) is 46.0 cm³/mol. The molecule has 2 heterocycles. The first kappa shape index (κ1) is 11.2. The third-order valence-electron chi connectivity index (χ3n) is 1.82. The van der Waals surface area contributed by atoms with Crippen LogP contribution in [0, 0.1) is 6.92 Å². The van der Waals surface area contributed by atoms with Crippen LogP contribution in [0.4, 0.5) is 18.0 Å². The average molecular weight is 246 g/mol. The first-order valence-corrected chi connectivity index (χ1v) is 4.30. The summed E-state index contributed by atoms with van der Waals surface area (Å²) in [7, 11) is 0. The Kier molecular flexibility index (Phi) is 2.41. The molecule has 0 spiro atoms. The van der Waals surface area contributed by atoms with Crippen LogP contribution in [0.25, 0.3) is 0 Å². The summed E-state index contributed by atoms with van der Waals surface area (Å²) in [6.07, 6.45) is -2.57. The summed E-state index contributed by atoms with van der Waals surface area (Å²) in [5, 5.41) is 6.57. The van der Waals surface area contributed by atoms with Crippen molar-refractivity contribution in [2.24, 2.45) is 0 Å². The minimum atomic E-state index is -4.70. The normalized spacial score (nSPS) is 11.8. The second-order valence-electron chi connectivity index (χ2n) is 3.01. The minimum Gasteiger partial charge on any atom is -0.243 e. The highest BCUT2D eigenvalue weighted by molar-refractivity contribution is 5.77. The van der Waals surface area contributed by atoms with Crippen molar-refractivity contribution in [3.05, 3.63) is 24.3 Å². The standard InChI is InChI=1S/C7H5F3N6O/c1-4-13-5(7(8,9)10)14-16(4)6(17)15-3-11-2-12-15/h2-3H,1H3. The molecule has 0 aromatic carbocycles. The Morgan fingerprint density at radius 2 is 2.12 bits per heavy atom. The van der Waals surface area contributed by atoms with Gasteiger partial charge >= 0.3 is 12.2 Å². The van der Waals surface area contributed by atoms with E-state index in [0.717, 1.165) is 17.3 Å². The zero-order valence-electron chi connectivity index (χ0n) is 8.38. The number of halogens is 3.